The predicted octanol–water partition coefficient (Wildman–Crippen LogP) is -1.98. The van der Waals surface area contributed by atoms with Gasteiger partial charge in [-0.15, -0.1) is 0 Å². The monoisotopic (exact) mass is 330 g/mol. The first kappa shape index (κ1) is 15.1. The third kappa shape index (κ3) is 2.16. The Balaban J connectivity index is 0.00000147. The number of fused-ring (bicyclic) bond motifs is 1. The van der Waals surface area contributed by atoms with E-state index in [2.05, 4.69) is 15.0 Å². The van der Waals surface area contributed by atoms with Gasteiger partial charge in [-0.3, -0.25) is 4.57 Å². The smallest absolute Gasteiger partial charge is 0.167 e. The first-order valence-electron chi connectivity index (χ1n) is 5.69. The molecular formula is C10H13CuN5O4. The number of rotatable bonds is 2. The van der Waals surface area contributed by atoms with E-state index in [-0.39, 0.29) is 22.9 Å². The molecule has 4 atom stereocenters. The Morgan fingerprint density at radius 2 is 2.00 bits per heavy atom. The number of imidazole rings is 1. The number of nitrogen functional groups attached to an aromatic ring is 1. The molecule has 1 fully saturated rings. The van der Waals surface area contributed by atoms with Gasteiger partial charge in [0.05, 0.1) is 12.9 Å². The Labute approximate surface area is 123 Å². The predicted molar refractivity (Wildman–Crippen MR) is 62.7 cm³/mol. The van der Waals surface area contributed by atoms with Crippen LogP contribution in [0.25, 0.3) is 11.2 Å². The second kappa shape index (κ2) is 5.60. The van der Waals surface area contributed by atoms with E-state index in [9.17, 15) is 10.2 Å². The Morgan fingerprint density at radius 1 is 1.25 bits per heavy atom. The first-order chi connectivity index (χ1) is 9.13. The Morgan fingerprint density at radius 3 is 2.65 bits per heavy atom. The van der Waals surface area contributed by atoms with Crippen LogP contribution in [0.4, 0.5) is 5.82 Å². The maximum Gasteiger partial charge on any atom is 0.167 e. The number of hydrogen-bond donors (Lipinski definition) is 4. The van der Waals surface area contributed by atoms with Gasteiger partial charge in [-0.2, -0.15) is 0 Å². The summed E-state index contributed by atoms with van der Waals surface area (Å²) in [6.45, 7) is -0.390. The fraction of sp³-hybridized carbons (Fsp3) is 0.500. The largest absolute Gasteiger partial charge is 0.394 e. The third-order valence-electron chi connectivity index (χ3n) is 3.18. The van der Waals surface area contributed by atoms with Crippen molar-refractivity contribution < 1.29 is 37.1 Å². The number of hydrogen-bond acceptors (Lipinski definition) is 8. The quantitative estimate of drug-likeness (QED) is 0.464. The molecule has 1 aliphatic heterocycles. The third-order valence-corrected chi connectivity index (χ3v) is 3.18. The van der Waals surface area contributed by atoms with Crippen molar-refractivity contribution in [1.82, 2.24) is 19.5 Å². The summed E-state index contributed by atoms with van der Waals surface area (Å²) in [7, 11) is 0. The molecule has 1 saturated heterocycles. The van der Waals surface area contributed by atoms with Gasteiger partial charge in [0.25, 0.3) is 0 Å². The molecule has 0 saturated carbocycles. The molecule has 0 aliphatic carbocycles. The fourth-order valence-corrected chi connectivity index (χ4v) is 2.17. The zero-order valence-corrected chi connectivity index (χ0v) is 11.0. The van der Waals surface area contributed by atoms with Crippen molar-refractivity contribution in [2.45, 2.75) is 24.5 Å². The summed E-state index contributed by atoms with van der Waals surface area (Å²) in [5.74, 6) is 0.218. The number of aromatic nitrogens is 4. The van der Waals surface area contributed by atoms with E-state index in [1.807, 2.05) is 0 Å². The minimum Gasteiger partial charge on any atom is -0.394 e. The standard InChI is InChI=1S/C10H13N5O4.Cu/c11-8-5-9(13-2-12-8)15(3-14-5)10-7(18)6(17)4(1-16)19-10;/h2-4,6-7,10,16-18H,1H2,(H2,11,12,13);/t4-,6?,7?,10-;/m1./s1. The molecule has 5 N–H and O–H groups in total. The molecule has 0 amide bonds. The number of nitrogens with zero attached hydrogens (tertiary/aromatic N) is 4. The van der Waals surface area contributed by atoms with Crippen LogP contribution in [0.5, 0.6) is 0 Å². The molecule has 1 radical (unpaired) electrons. The van der Waals surface area contributed by atoms with Crippen molar-refractivity contribution in [3.63, 3.8) is 0 Å². The molecule has 0 spiro atoms. The zero-order chi connectivity index (χ0) is 13.6. The van der Waals surface area contributed by atoms with Gasteiger partial charge >= 0.3 is 0 Å². The Hall–Kier alpha value is -1.29. The van der Waals surface area contributed by atoms with Gasteiger partial charge in [0.2, 0.25) is 0 Å². The Kier molecular flexibility index (Phi) is 4.23. The topological polar surface area (TPSA) is 140 Å². The molecule has 2 unspecified atom stereocenters. The Bertz CT molecular complexity index is 608. The van der Waals surface area contributed by atoms with Gasteiger partial charge in [0.1, 0.15) is 30.2 Å². The number of ether oxygens (including phenoxy) is 1. The van der Waals surface area contributed by atoms with Crippen LogP contribution in [0.2, 0.25) is 0 Å². The van der Waals surface area contributed by atoms with Crippen LogP contribution in [0.3, 0.4) is 0 Å². The van der Waals surface area contributed by atoms with Crippen LogP contribution >= 0.6 is 0 Å². The van der Waals surface area contributed by atoms with Gasteiger partial charge in [0, 0.05) is 17.1 Å². The normalized spacial score (nSPS) is 29.6. The summed E-state index contributed by atoms with van der Waals surface area (Å²) in [5, 5.41) is 28.7. The minimum absolute atomic E-state index is 0. The molecule has 3 heterocycles. The van der Waals surface area contributed by atoms with Crippen LogP contribution in [-0.2, 0) is 21.8 Å². The van der Waals surface area contributed by atoms with E-state index in [4.69, 9.17) is 15.6 Å². The summed E-state index contributed by atoms with van der Waals surface area (Å²) in [4.78, 5) is 11.9. The van der Waals surface area contributed by atoms with Gasteiger partial charge in [-0.1, -0.05) is 0 Å². The average Bonchev–Trinajstić information content (AvgIpc) is 2.94. The van der Waals surface area contributed by atoms with Crippen LogP contribution < -0.4 is 5.73 Å². The van der Waals surface area contributed by atoms with Crippen molar-refractivity contribution in [2.24, 2.45) is 0 Å². The van der Waals surface area contributed by atoms with Crippen molar-refractivity contribution >= 4 is 17.0 Å². The van der Waals surface area contributed by atoms with E-state index in [0.717, 1.165) is 0 Å². The van der Waals surface area contributed by atoms with Crippen LogP contribution in [0, 0.1) is 0 Å². The zero-order valence-electron chi connectivity index (χ0n) is 10.1. The number of aliphatic hydroxyl groups is 3. The fourth-order valence-electron chi connectivity index (χ4n) is 2.17. The summed E-state index contributed by atoms with van der Waals surface area (Å²) < 4.78 is 6.85. The molecule has 1 aliphatic rings. The molecule has 0 bridgehead atoms. The van der Waals surface area contributed by atoms with Gasteiger partial charge in [-0.05, 0) is 0 Å². The van der Waals surface area contributed by atoms with E-state index in [1.54, 1.807) is 0 Å². The van der Waals surface area contributed by atoms with Gasteiger partial charge < -0.3 is 25.8 Å². The van der Waals surface area contributed by atoms with Crippen molar-refractivity contribution in [2.75, 3.05) is 12.3 Å². The summed E-state index contributed by atoms with van der Waals surface area (Å²) in [6.07, 6.45) is -1.42. The maximum atomic E-state index is 9.95. The SMILES string of the molecule is Nc1ncnc2c1ncn2[C@@H]1O[C@H](CO)C(O)C1O.[Cu]. The maximum absolute atomic E-state index is 9.95. The molecule has 0 aromatic carbocycles. The molecule has 20 heavy (non-hydrogen) atoms. The van der Waals surface area contributed by atoms with E-state index in [0.29, 0.717) is 11.2 Å². The van der Waals surface area contributed by atoms with Crippen LogP contribution in [0.1, 0.15) is 6.23 Å². The molecule has 10 heteroatoms. The molecule has 2 aromatic rings. The molecule has 3 rings (SSSR count). The van der Waals surface area contributed by atoms with Gasteiger partial charge in [-0.25, -0.2) is 15.0 Å². The second-order valence-corrected chi connectivity index (χ2v) is 4.31. The van der Waals surface area contributed by atoms with Crippen LogP contribution in [0.15, 0.2) is 12.7 Å². The van der Waals surface area contributed by atoms with Gasteiger partial charge in [0.15, 0.2) is 17.7 Å². The number of anilines is 1. The number of nitrogens with two attached hydrogens (primary N) is 1. The molecule has 9 nitrogen and oxygen atoms in total. The molecule has 113 valence electrons. The van der Waals surface area contributed by atoms with E-state index >= 15 is 0 Å². The van der Waals surface area contributed by atoms with E-state index in [1.165, 1.54) is 17.2 Å². The minimum atomic E-state index is -1.19. The van der Waals surface area contributed by atoms with E-state index < -0.39 is 31.1 Å². The van der Waals surface area contributed by atoms with Crippen LogP contribution in [-0.4, -0.2) is 59.8 Å². The summed E-state index contributed by atoms with van der Waals surface area (Å²) in [6, 6.07) is 0. The first-order valence-corrected chi connectivity index (χ1v) is 5.69. The van der Waals surface area contributed by atoms with Crippen molar-refractivity contribution in [3.8, 4) is 0 Å². The number of aliphatic hydroxyl groups excluding tert-OH is 3. The molecule has 2 aromatic heterocycles. The summed E-state index contributed by atoms with van der Waals surface area (Å²) in [5.41, 5.74) is 6.44. The summed E-state index contributed by atoms with van der Waals surface area (Å²) >= 11 is 0. The van der Waals surface area contributed by atoms with Crippen molar-refractivity contribution in [3.05, 3.63) is 12.7 Å². The average molecular weight is 331 g/mol. The second-order valence-electron chi connectivity index (χ2n) is 4.31. The molecular weight excluding hydrogens is 318 g/mol. The van der Waals surface area contributed by atoms with Crippen molar-refractivity contribution in [1.29, 1.82) is 0 Å².